The van der Waals surface area contributed by atoms with E-state index in [-0.39, 0.29) is 5.91 Å². The van der Waals surface area contributed by atoms with Crippen LogP contribution >= 0.6 is 12.2 Å². The van der Waals surface area contributed by atoms with Crippen LogP contribution in [-0.4, -0.2) is 21.0 Å². The fourth-order valence-corrected chi connectivity index (χ4v) is 2.96. The van der Waals surface area contributed by atoms with Crippen molar-refractivity contribution in [3.05, 3.63) is 71.2 Å². The lowest BCUT2D eigenvalue weighted by molar-refractivity contribution is -0.115. The first-order valence-electron chi connectivity index (χ1n) is 7.53. The molecular weight excluding hydrogens is 320 g/mol. The highest BCUT2D eigenvalue weighted by Crippen LogP contribution is 2.22. The smallest absolute Gasteiger partial charge is 0.273 e. The van der Waals surface area contributed by atoms with E-state index in [4.69, 9.17) is 12.2 Å². The second kappa shape index (κ2) is 5.90. The number of rotatable bonds is 3. The van der Waals surface area contributed by atoms with Gasteiger partial charge in [0.1, 0.15) is 11.3 Å². The standard InChI is InChI=1S/C18H14N4OS/c23-17-15(21-18(24)22-17)8-13-10-20-16-14(13)7-12(9-19-16)6-11-4-2-1-3-5-11/h1-5,7-10H,6H2,(H,19,20)(H2,21,22,23,24)/b15-8-. The van der Waals surface area contributed by atoms with Gasteiger partial charge < -0.3 is 10.3 Å². The highest BCUT2D eigenvalue weighted by molar-refractivity contribution is 7.80. The lowest BCUT2D eigenvalue weighted by Crippen LogP contribution is -2.21. The molecular formula is C18H14N4OS. The summed E-state index contributed by atoms with van der Waals surface area (Å²) in [6.45, 7) is 0. The molecule has 0 unspecified atom stereocenters. The summed E-state index contributed by atoms with van der Waals surface area (Å²) in [6, 6.07) is 12.4. The molecule has 5 nitrogen and oxygen atoms in total. The van der Waals surface area contributed by atoms with E-state index in [0.29, 0.717) is 10.8 Å². The van der Waals surface area contributed by atoms with Crippen LogP contribution in [0, 0.1) is 0 Å². The monoisotopic (exact) mass is 334 g/mol. The van der Waals surface area contributed by atoms with Gasteiger partial charge in [0.15, 0.2) is 5.11 Å². The summed E-state index contributed by atoms with van der Waals surface area (Å²) in [5.74, 6) is -0.220. The molecule has 3 aromatic rings. The molecule has 2 aromatic heterocycles. The first-order valence-corrected chi connectivity index (χ1v) is 7.94. The number of carbonyl (C=O) groups excluding carboxylic acids is 1. The molecule has 1 aromatic carbocycles. The summed E-state index contributed by atoms with van der Waals surface area (Å²) in [7, 11) is 0. The second-order valence-electron chi connectivity index (χ2n) is 5.61. The predicted octanol–water partition coefficient (Wildman–Crippen LogP) is 2.50. The summed E-state index contributed by atoms with van der Waals surface area (Å²) >= 11 is 4.95. The highest BCUT2D eigenvalue weighted by atomic mass is 32.1. The van der Waals surface area contributed by atoms with Gasteiger partial charge in [-0.25, -0.2) is 4.98 Å². The maximum absolute atomic E-state index is 11.8. The van der Waals surface area contributed by atoms with Crippen LogP contribution in [0.4, 0.5) is 0 Å². The molecule has 4 rings (SSSR count). The van der Waals surface area contributed by atoms with Gasteiger partial charge in [-0.05, 0) is 41.9 Å². The quantitative estimate of drug-likeness (QED) is 0.508. The zero-order valence-electron chi connectivity index (χ0n) is 12.7. The van der Waals surface area contributed by atoms with Crippen molar-refractivity contribution in [2.45, 2.75) is 6.42 Å². The number of nitrogens with zero attached hydrogens (tertiary/aromatic N) is 1. The van der Waals surface area contributed by atoms with E-state index < -0.39 is 0 Å². The summed E-state index contributed by atoms with van der Waals surface area (Å²) in [4.78, 5) is 19.4. The first-order chi connectivity index (χ1) is 11.7. The third kappa shape index (κ3) is 2.79. The third-order valence-electron chi connectivity index (χ3n) is 3.89. The number of nitrogens with one attached hydrogen (secondary N) is 3. The zero-order chi connectivity index (χ0) is 16.5. The largest absolute Gasteiger partial charge is 0.346 e. The van der Waals surface area contributed by atoms with Crippen molar-refractivity contribution in [3.63, 3.8) is 0 Å². The number of amides is 1. The van der Waals surface area contributed by atoms with Crippen molar-refractivity contribution < 1.29 is 4.79 Å². The van der Waals surface area contributed by atoms with Crippen LogP contribution in [0.5, 0.6) is 0 Å². The molecule has 3 N–H and O–H groups in total. The fourth-order valence-electron chi connectivity index (χ4n) is 2.75. The van der Waals surface area contributed by atoms with E-state index in [9.17, 15) is 4.79 Å². The molecule has 1 saturated heterocycles. The van der Waals surface area contributed by atoms with Gasteiger partial charge in [0, 0.05) is 23.3 Å². The van der Waals surface area contributed by atoms with E-state index in [2.05, 4.69) is 38.8 Å². The molecule has 0 spiro atoms. The van der Waals surface area contributed by atoms with E-state index >= 15 is 0 Å². The molecule has 1 aliphatic heterocycles. The zero-order valence-corrected chi connectivity index (χ0v) is 13.5. The third-order valence-corrected chi connectivity index (χ3v) is 4.09. The molecule has 0 atom stereocenters. The molecule has 0 bridgehead atoms. The number of thiocarbonyl (C=S) groups is 1. The number of carbonyl (C=O) groups is 1. The average molecular weight is 334 g/mol. The lowest BCUT2D eigenvalue weighted by atomic mass is 10.0. The van der Waals surface area contributed by atoms with Gasteiger partial charge in [0.05, 0.1) is 0 Å². The van der Waals surface area contributed by atoms with Crippen molar-refractivity contribution in [2.24, 2.45) is 0 Å². The molecule has 0 aliphatic carbocycles. The summed E-state index contributed by atoms with van der Waals surface area (Å²) in [6.07, 6.45) is 6.31. The molecule has 1 amide bonds. The van der Waals surface area contributed by atoms with Gasteiger partial charge in [0.25, 0.3) is 5.91 Å². The normalized spacial score (nSPS) is 15.8. The first kappa shape index (κ1) is 14.6. The van der Waals surface area contributed by atoms with Gasteiger partial charge in [-0.1, -0.05) is 30.3 Å². The van der Waals surface area contributed by atoms with Crippen molar-refractivity contribution in [1.82, 2.24) is 20.6 Å². The summed E-state index contributed by atoms with van der Waals surface area (Å²) < 4.78 is 0. The Balaban J connectivity index is 1.70. The maximum Gasteiger partial charge on any atom is 0.273 e. The molecule has 1 fully saturated rings. The van der Waals surface area contributed by atoms with Gasteiger partial charge >= 0.3 is 0 Å². The summed E-state index contributed by atoms with van der Waals surface area (Å²) in [5.41, 5.74) is 4.48. The van der Waals surface area contributed by atoms with Crippen molar-refractivity contribution >= 4 is 40.3 Å². The van der Waals surface area contributed by atoms with Crippen molar-refractivity contribution in [3.8, 4) is 0 Å². The van der Waals surface area contributed by atoms with Gasteiger partial charge in [-0.15, -0.1) is 0 Å². The maximum atomic E-state index is 11.8. The topological polar surface area (TPSA) is 69.8 Å². The van der Waals surface area contributed by atoms with E-state index in [1.54, 1.807) is 6.08 Å². The molecule has 6 heteroatoms. The average Bonchev–Trinajstić information content (AvgIpc) is 3.12. The Morgan fingerprint density at radius 2 is 1.96 bits per heavy atom. The van der Waals surface area contributed by atoms with Crippen LogP contribution in [-0.2, 0) is 11.2 Å². The van der Waals surface area contributed by atoms with E-state index in [1.165, 1.54) is 5.56 Å². The minimum Gasteiger partial charge on any atom is -0.346 e. The number of fused-ring (bicyclic) bond motifs is 1. The number of hydrogen-bond donors (Lipinski definition) is 3. The minimum absolute atomic E-state index is 0.220. The Labute approximate surface area is 143 Å². The van der Waals surface area contributed by atoms with Crippen molar-refractivity contribution in [2.75, 3.05) is 0 Å². The molecule has 118 valence electrons. The van der Waals surface area contributed by atoms with E-state index in [1.807, 2.05) is 30.6 Å². The second-order valence-corrected chi connectivity index (χ2v) is 6.02. The Morgan fingerprint density at radius 1 is 1.12 bits per heavy atom. The van der Waals surface area contributed by atoms with E-state index in [0.717, 1.165) is 28.6 Å². The molecule has 3 heterocycles. The number of aromatic nitrogens is 2. The predicted molar refractivity (Wildman–Crippen MR) is 97.2 cm³/mol. The Kier molecular flexibility index (Phi) is 3.59. The SMILES string of the molecule is O=C1NC(=S)N/C1=C\c1c[nH]c2ncc(Cc3ccccc3)cc12. The van der Waals surface area contributed by atoms with Gasteiger partial charge in [-0.3, -0.25) is 10.1 Å². The summed E-state index contributed by atoms with van der Waals surface area (Å²) in [5, 5.41) is 6.72. The number of pyridine rings is 1. The van der Waals surface area contributed by atoms with Crippen LogP contribution in [0.25, 0.3) is 17.1 Å². The number of H-pyrrole nitrogens is 1. The highest BCUT2D eigenvalue weighted by Gasteiger charge is 2.20. The number of aromatic amines is 1. The van der Waals surface area contributed by atoms with Gasteiger partial charge in [-0.2, -0.15) is 0 Å². The van der Waals surface area contributed by atoms with Gasteiger partial charge in [0.2, 0.25) is 0 Å². The van der Waals surface area contributed by atoms with Crippen LogP contribution in [0.2, 0.25) is 0 Å². The molecule has 0 radical (unpaired) electrons. The Bertz CT molecular complexity index is 975. The lowest BCUT2D eigenvalue weighted by Gasteiger charge is -2.02. The van der Waals surface area contributed by atoms with Crippen LogP contribution in [0.3, 0.4) is 0 Å². The van der Waals surface area contributed by atoms with Crippen LogP contribution < -0.4 is 10.6 Å². The van der Waals surface area contributed by atoms with Crippen LogP contribution in [0.15, 0.2) is 54.5 Å². The fraction of sp³-hybridized carbons (Fsp3) is 0.0556. The Hall–Kier alpha value is -2.99. The van der Waals surface area contributed by atoms with Crippen LogP contribution in [0.1, 0.15) is 16.7 Å². The molecule has 0 saturated carbocycles. The number of benzene rings is 1. The Morgan fingerprint density at radius 3 is 2.71 bits per heavy atom. The van der Waals surface area contributed by atoms with Crippen molar-refractivity contribution in [1.29, 1.82) is 0 Å². The minimum atomic E-state index is -0.220. The molecule has 1 aliphatic rings. The number of hydrogen-bond acceptors (Lipinski definition) is 3. The molecule has 24 heavy (non-hydrogen) atoms.